The van der Waals surface area contributed by atoms with E-state index in [2.05, 4.69) is 5.09 Å². The average molecular weight is 376 g/mol. The zero-order chi connectivity index (χ0) is 19.0. The van der Waals surface area contributed by atoms with Gasteiger partial charge in [-0.3, -0.25) is 4.79 Å². The standard InChI is InChI=1S/C18H20NO6P/c20-17(25-12-15-9-5-2-6-10-15)13-26(23,24)19-16(18(21)22)11-14-7-3-1-4-8-14/h1-10,16H,11-13H2,(H,21,22)(H2,19,23,24)/p-1/t16-/m0/s1. The highest BCUT2D eigenvalue weighted by molar-refractivity contribution is 7.60. The van der Waals surface area contributed by atoms with Gasteiger partial charge in [0.2, 0.25) is 0 Å². The van der Waals surface area contributed by atoms with Crippen LogP contribution in [0.1, 0.15) is 11.1 Å². The van der Waals surface area contributed by atoms with Gasteiger partial charge in [0.15, 0.2) is 6.16 Å². The fourth-order valence-corrected chi connectivity index (χ4v) is 3.47. The Morgan fingerprint density at radius 3 is 2.08 bits per heavy atom. The van der Waals surface area contributed by atoms with E-state index in [1.54, 1.807) is 60.7 Å². The summed E-state index contributed by atoms with van der Waals surface area (Å²) in [6, 6.07) is 16.1. The van der Waals surface area contributed by atoms with Gasteiger partial charge in [-0.2, -0.15) is 5.09 Å². The van der Waals surface area contributed by atoms with E-state index in [4.69, 9.17) is 4.74 Å². The Balaban J connectivity index is 1.90. The molecule has 0 aliphatic heterocycles. The molecule has 2 rings (SSSR count). The van der Waals surface area contributed by atoms with E-state index in [1.807, 2.05) is 0 Å². The summed E-state index contributed by atoms with van der Waals surface area (Å²) in [5.41, 5.74) is 1.39. The predicted molar refractivity (Wildman–Crippen MR) is 92.7 cm³/mol. The van der Waals surface area contributed by atoms with Gasteiger partial charge in [0, 0.05) is 6.42 Å². The number of hydrogen-bond donors (Lipinski definition) is 2. The number of hydrogen-bond acceptors (Lipinski definition) is 6. The lowest BCUT2D eigenvalue weighted by Gasteiger charge is -2.37. The third-order valence-electron chi connectivity index (χ3n) is 3.51. The normalized spacial score (nSPS) is 12.4. The van der Waals surface area contributed by atoms with E-state index in [-0.39, 0.29) is 13.0 Å². The smallest absolute Gasteiger partial charge is 0.345 e. The van der Waals surface area contributed by atoms with Gasteiger partial charge in [-0.25, -0.2) is 4.79 Å². The fourth-order valence-electron chi connectivity index (χ4n) is 2.27. The van der Waals surface area contributed by atoms with E-state index >= 15 is 0 Å². The molecule has 2 N–H and O–H groups in total. The number of esters is 1. The molecule has 138 valence electrons. The molecule has 0 aliphatic carbocycles. The van der Waals surface area contributed by atoms with Crippen molar-refractivity contribution in [3.05, 3.63) is 71.8 Å². The molecule has 0 aromatic heterocycles. The van der Waals surface area contributed by atoms with Crippen LogP contribution >= 0.6 is 7.87 Å². The molecule has 7 nitrogen and oxygen atoms in total. The second kappa shape index (κ2) is 9.40. The van der Waals surface area contributed by atoms with Crippen LogP contribution in [0.3, 0.4) is 0 Å². The first-order valence-electron chi connectivity index (χ1n) is 7.90. The van der Waals surface area contributed by atoms with Gasteiger partial charge in [-0.15, -0.1) is 0 Å². The van der Waals surface area contributed by atoms with Gasteiger partial charge in [-0.1, -0.05) is 60.7 Å². The molecule has 0 saturated heterocycles. The summed E-state index contributed by atoms with van der Waals surface area (Å²) >= 11 is 0. The lowest BCUT2D eigenvalue weighted by molar-refractivity contribution is -0.312. The van der Waals surface area contributed by atoms with Crippen molar-refractivity contribution in [1.29, 1.82) is 0 Å². The number of ether oxygens (including phenoxy) is 1. The Kier molecular flexibility index (Phi) is 7.24. The number of aliphatic carboxylic acids is 1. The van der Waals surface area contributed by atoms with Crippen molar-refractivity contribution in [2.24, 2.45) is 0 Å². The van der Waals surface area contributed by atoms with Crippen molar-refractivity contribution in [3.63, 3.8) is 0 Å². The van der Waals surface area contributed by atoms with Gasteiger partial charge in [0.05, 0.1) is 0 Å². The predicted octanol–water partition coefficient (Wildman–Crippen LogP) is 0.499. The molecule has 1 atom stereocenters. The number of nitrogens with one attached hydrogen (secondary N) is 1. The zero-order valence-corrected chi connectivity index (χ0v) is 14.8. The highest BCUT2D eigenvalue weighted by atomic mass is 31.2. The van der Waals surface area contributed by atoms with Gasteiger partial charge in [-0.05, 0) is 19.0 Å². The van der Waals surface area contributed by atoms with Crippen LogP contribution in [-0.2, 0) is 27.4 Å². The number of carbonyl (C=O) groups is 2. The van der Waals surface area contributed by atoms with E-state index in [0.717, 1.165) is 5.56 Å². The first-order valence-corrected chi connectivity index (χ1v) is 9.71. The molecule has 0 fully saturated rings. The maximum atomic E-state index is 12.1. The van der Waals surface area contributed by atoms with Crippen LogP contribution in [0, 0.1) is 0 Å². The van der Waals surface area contributed by atoms with Crippen molar-refractivity contribution < 1.29 is 29.2 Å². The van der Waals surface area contributed by atoms with Crippen LogP contribution in [0.15, 0.2) is 60.7 Å². The topological polar surface area (TPSA) is 122 Å². The lowest BCUT2D eigenvalue weighted by atomic mass is 10.1. The van der Waals surface area contributed by atoms with Gasteiger partial charge in [0.25, 0.3) is 0 Å². The van der Waals surface area contributed by atoms with Crippen LogP contribution in [0.4, 0.5) is 0 Å². The number of benzene rings is 2. The van der Waals surface area contributed by atoms with Crippen molar-refractivity contribution in [1.82, 2.24) is 5.09 Å². The molecule has 0 bridgehead atoms. The molecule has 0 heterocycles. The second-order valence-electron chi connectivity index (χ2n) is 5.69. The minimum absolute atomic E-state index is 0.0263. The van der Waals surface area contributed by atoms with E-state index in [9.17, 15) is 24.5 Å². The van der Waals surface area contributed by atoms with Crippen molar-refractivity contribution >= 4 is 19.8 Å². The van der Waals surface area contributed by atoms with Crippen LogP contribution in [0.5, 0.6) is 0 Å². The largest absolute Gasteiger partial charge is 0.669 e. The Hall–Kier alpha value is -2.31. The van der Waals surface area contributed by atoms with Gasteiger partial charge >= 0.3 is 11.9 Å². The monoisotopic (exact) mass is 376 g/mol. The van der Waals surface area contributed by atoms with Crippen LogP contribution in [-0.4, -0.2) is 29.2 Å². The maximum Gasteiger partial charge on any atom is 0.345 e. The summed E-state index contributed by atoms with van der Waals surface area (Å²) in [6.07, 6.45) is -0.945. The minimum Gasteiger partial charge on any atom is -0.669 e. The fraction of sp³-hybridized carbons (Fsp3) is 0.222. The molecular formula is C18H19NO6P-. The molecular weight excluding hydrogens is 357 g/mol. The molecule has 2 aromatic rings. The zero-order valence-electron chi connectivity index (χ0n) is 13.9. The average Bonchev–Trinajstić information content (AvgIpc) is 2.60. The van der Waals surface area contributed by atoms with E-state index in [1.165, 1.54) is 0 Å². The number of carboxylic acids is 1. The summed E-state index contributed by atoms with van der Waals surface area (Å²) in [7, 11) is -4.47. The lowest BCUT2D eigenvalue weighted by Crippen LogP contribution is -2.48. The Labute approximate surface area is 151 Å². The SMILES string of the molecule is O=C(C[P+]([O-])([O-])N[C@@H](Cc1ccccc1)C(=O)O)OCc1ccccc1. The Morgan fingerprint density at radius 2 is 1.54 bits per heavy atom. The molecule has 0 unspecified atom stereocenters. The second-order valence-corrected chi connectivity index (χ2v) is 7.61. The molecule has 0 spiro atoms. The van der Waals surface area contributed by atoms with Crippen molar-refractivity contribution in [3.8, 4) is 0 Å². The molecule has 0 amide bonds. The first-order chi connectivity index (χ1) is 12.4. The molecule has 26 heavy (non-hydrogen) atoms. The van der Waals surface area contributed by atoms with Crippen molar-refractivity contribution in [2.45, 2.75) is 19.1 Å². The summed E-state index contributed by atoms with van der Waals surface area (Å²) in [6.45, 7) is -0.0496. The highest BCUT2D eigenvalue weighted by Crippen LogP contribution is 2.35. The summed E-state index contributed by atoms with van der Waals surface area (Å²) < 4.78 is 4.93. The Bertz CT molecular complexity index is 723. The highest BCUT2D eigenvalue weighted by Gasteiger charge is 2.28. The number of carbonyl (C=O) groups excluding carboxylic acids is 1. The van der Waals surface area contributed by atoms with Crippen LogP contribution in [0.25, 0.3) is 0 Å². The summed E-state index contributed by atoms with van der Waals surface area (Å²) in [5.74, 6) is -2.26. The van der Waals surface area contributed by atoms with Gasteiger partial charge in [0.1, 0.15) is 12.6 Å². The third kappa shape index (κ3) is 6.90. The molecule has 0 saturated carbocycles. The van der Waals surface area contributed by atoms with Crippen LogP contribution in [0.2, 0.25) is 0 Å². The van der Waals surface area contributed by atoms with Crippen molar-refractivity contribution in [2.75, 3.05) is 6.16 Å². The molecule has 2 aromatic carbocycles. The number of rotatable bonds is 9. The molecule has 0 aliphatic rings. The van der Waals surface area contributed by atoms with Gasteiger partial charge < -0.3 is 19.6 Å². The number of carboxylic acid groups (broad SMARTS) is 1. The van der Waals surface area contributed by atoms with Crippen LogP contribution < -0.4 is 14.9 Å². The summed E-state index contributed by atoms with van der Waals surface area (Å²) in [5, 5.41) is 11.3. The Morgan fingerprint density at radius 1 is 1.00 bits per heavy atom. The third-order valence-corrected chi connectivity index (χ3v) is 4.89. The van der Waals surface area contributed by atoms with E-state index in [0.29, 0.717) is 5.56 Å². The quantitative estimate of drug-likeness (QED) is 0.483. The molecule has 0 radical (unpaired) electrons. The van der Waals surface area contributed by atoms with E-state index < -0.39 is 32.0 Å². The molecule has 8 heteroatoms. The first kappa shape index (κ1) is 20.0. The maximum absolute atomic E-state index is 12.1. The summed E-state index contributed by atoms with van der Waals surface area (Å²) in [4.78, 5) is 47.3. The minimum atomic E-state index is -4.47.